The van der Waals surface area contributed by atoms with Gasteiger partial charge in [-0.05, 0) is 30.7 Å². The fourth-order valence-corrected chi connectivity index (χ4v) is 1.77. The Morgan fingerprint density at radius 1 is 1.15 bits per heavy atom. The van der Waals surface area contributed by atoms with Gasteiger partial charge in [0.25, 0.3) is 0 Å². The first-order valence-electron chi connectivity index (χ1n) is 6.23. The number of allylic oxidation sites excluding steroid dienone is 1. The van der Waals surface area contributed by atoms with E-state index < -0.39 is 5.82 Å². The molecule has 0 heterocycles. The van der Waals surface area contributed by atoms with E-state index in [0.29, 0.717) is 11.1 Å². The van der Waals surface area contributed by atoms with Gasteiger partial charge in [0.2, 0.25) is 0 Å². The third-order valence-corrected chi connectivity index (χ3v) is 2.94. The maximum Gasteiger partial charge on any atom is 0.185 e. The molecule has 2 aromatic rings. The molecule has 0 aromatic heterocycles. The van der Waals surface area contributed by atoms with Gasteiger partial charge < -0.3 is 4.74 Å². The van der Waals surface area contributed by atoms with E-state index in [-0.39, 0.29) is 11.5 Å². The number of methoxy groups -OCH3 is 1. The fourth-order valence-electron chi connectivity index (χ4n) is 1.77. The van der Waals surface area contributed by atoms with Crippen LogP contribution in [0.5, 0.6) is 5.75 Å². The summed E-state index contributed by atoms with van der Waals surface area (Å²) in [6, 6.07) is 11.9. The van der Waals surface area contributed by atoms with Crippen molar-refractivity contribution < 1.29 is 13.9 Å². The zero-order chi connectivity index (χ0) is 14.5. The number of hydrogen-bond donors (Lipinski definition) is 0. The molecule has 0 fully saturated rings. The van der Waals surface area contributed by atoms with Gasteiger partial charge in [0.15, 0.2) is 17.3 Å². The van der Waals surface area contributed by atoms with Crippen molar-refractivity contribution in [3.05, 3.63) is 71.0 Å². The number of rotatable bonds is 4. The molecule has 0 atom stereocenters. The van der Waals surface area contributed by atoms with Gasteiger partial charge in [0.1, 0.15) is 0 Å². The highest BCUT2D eigenvalue weighted by Crippen LogP contribution is 2.18. The van der Waals surface area contributed by atoms with E-state index in [1.165, 1.54) is 25.3 Å². The van der Waals surface area contributed by atoms with Gasteiger partial charge in [0, 0.05) is 5.56 Å². The fraction of sp³-hybridized carbons (Fsp3) is 0.118. The summed E-state index contributed by atoms with van der Waals surface area (Å²) in [6.07, 6.45) is 3.02. The minimum Gasteiger partial charge on any atom is -0.494 e. The van der Waals surface area contributed by atoms with Crippen molar-refractivity contribution in [2.75, 3.05) is 7.11 Å². The summed E-state index contributed by atoms with van der Waals surface area (Å²) in [6.45, 7) is 1.96. The van der Waals surface area contributed by atoms with Crippen LogP contribution in [-0.2, 0) is 0 Å². The second kappa shape index (κ2) is 6.15. The lowest BCUT2D eigenvalue weighted by Gasteiger charge is -2.02. The summed E-state index contributed by atoms with van der Waals surface area (Å²) in [5.74, 6) is -0.370. The summed E-state index contributed by atoms with van der Waals surface area (Å²) < 4.78 is 18.3. The van der Waals surface area contributed by atoms with Crippen molar-refractivity contribution in [3.8, 4) is 5.75 Å². The average Bonchev–Trinajstić information content (AvgIpc) is 2.45. The zero-order valence-electron chi connectivity index (χ0n) is 11.4. The van der Waals surface area contributed by atoms with Crippen LogP contribution >= 0.6 is 0 Å². The Bertz CT molecular complexity index is 643. The van der Waals surface area contributed by atoms with Gasteiger partial charge in [0.05, 0.1) is 7.11 Å². The third-order valence-electron chi connectivity index (χ3n) is 2.94. The molecule has 0 bridgehead atoms. The number of halogens is 1. The Labute approximate surface area is 117 Å². The Balaban J connectivity index is 2.14. The Kier molecular flexibility index (Phi) is 4.31. The number of ketones is 1. The minimum atomic E-state index is -0.447. The van der Waals surface area contributed by atoms with Gasteiger partial charge in [-0.1, -0.05) is 42.0 Å². The van der Waals surface area contributed by atoms with Crippen molar-refractivity contribution in [1.29, 1.82) is 0 Å². The molecular formula is C17H15FO2. The first kappa shape index (κ1) is 14.0. The Morgan fingerprint density at radius 2 is 1.85 bits per heavy atom. The van der Waals surface area contributed by atoms with Gasteiger partial charge >= 0.3 is 0 Å². The summed E-state index contributed by atoms with van der Waals surface area (Å²) in [4.78, 5) is 11.9. The minimum absolute atomic E-state index is 0.110. The summed E-state index contributed by atoms with van der Waals surface area (Å²) in [5, 5.41) is 0. The van der Waals surface area contributed by atoms with Gasteiger partial charge in [-0.2, -0.15) is 0 Å². The predicted molar refractivity (Wildman–Crippen MR) is 77.5 cm³/mol. The third kappa shape index (κ3) is 3.32. The first-order valence-corrected chi connectivity index (χ1v) is 6.23. The molecule has 2 nitrogen and oxygen atoms in total. The largest absolute Gasteiger partial charge is 0.494 e. The number of carbonyl (C=O) groups is 1. The van der Waals surface area contributed by atoms with Crippen molar-refractivity contribution in [3.63, 3.8) is 0 Å². The average molecular weight is 270 g/mol. The van der Waals surface area contributed by atoms with Crippen LogP contribution in [0.15, 0.2) is 48.5 Å². The first-order chi connectivity index (χ1) is 9.60. The van der Waals surface area contributed by atoms with E-state index in [4.69, 9.17) is 4.74 Å². The topological polar surface area (TPSA) is 26.3 Å². The molecule has 0 unspecified atom stereocenters. The van der Waals surface area contributed by atoms with Crippen LogP contribution in [0.3, 0.4) is 0 Å². The van der Waals surface area contributed by atoms with Crippen LogP contribution in [0, 0.1) is 12.7 Å². The molecule has 0 radical (unpaired) electrons. The highest BCUT2D eigenvalue weighted by molar-refractivity contribution is 6.06. The smallest absolute Gasteiger partial charge is 0.185 e. The summed E-state index contributed by atoms with van der Waals surface area (Å²) in [7, 11) is 1.41. The number of carbonyl (C=O) groups excluding carboxylic acids is 1. The standard InChI is InChI=1S/C17H15FO2/c1-12-3-7-14(8-4-12)16(19)9-5-13-6-10-17(20-2)15(18)11-13/h3-11H,1-2H3/b9-5+. The summed E-state index contributed by atoms with van der Waals surface area (Å²) >= 11 is 0. The monoisotopic (exact) mass is 270 g/mol. The lowest BCUT2D eigenvalue weighted by Crippen LogP contribution is -1.94. The molecule has 102 valence electrons. The molecule has 0 N–H and O–H groups in total. The van der Waals surface area contributed by atoms with Crippen LogP contribution in [0.2, 0.25) is 0 Å². The maximum atomic E-state index is 13.5. The number of aryl methyl sites for hydroxylation is 1. The van der Waals surface area contributed by atoms with Crippen LogP contribution < -0.4 is 4.74 Å². The summed E-state index contributed by atoms with van der Waals surface area (Å²) in [5.41, 5.74) is 2.33. The molecule has 0 aliphatic heterocycles. The number of benzene rings is 2. The maximum absolute atomic E-state index is 13.5. The Hall–Kier alpha value is -2.42. The molecule has 0 spiro atoms. The van der Waals surface area contributed by atoms with Crippen molar-refractivity contribution in [1.82, 2.24) is 0 Å². The quantitative estimate of drug-likeness (QED) is 0.619. The van der Waals surface area contributed by atoms with Gasteiger partial charge in [-0.15, -0.1) is 0 Å². The molecule has 0 amide bonds. The lowest BCUT2D eigenvalue weighted by atomic mass is 10.1. The van der Waals surface area contributed by atoms with Crippen LogP contribution in [0.1, 0.15) is 21.5 Å². The molecule has 0 saturated carbocycles. The van der Waals surface area contributed by atoms with Gasteiger partial charge in [-0.25, -0.2) is 4.39 Å². The molecule has 0 aliphatic carbocycles. The second-order valence-electron chi connectivity index (χ2n) is 4.46. The van der Waals surface area contributed by atoms with E-state index in [9.17, 15) is 9.18 Å². The van der Waals surface area contributed by atoms with Crippen LogP contribution in [0.4, 0.5) is 4.39 Å². The van der Waals surface area contributed by atoms with Crippen molar-refractivity contribution in [2.24, 2.45) is 0 Å². The van der Waals surface area contributed by atoms with E-state index in [0.717, 1.165) is 5.56 Å². The highest BCUT2D eigenvalue weighted by atomic mass is 19.1. The molecule has 0 saturated heterocycles. The molecule has 20 heavy (non-hydrogen) atoms. The SMILES string of the molecule is COc1ccc(/C=C/C(=O)c2ccc(C)cc2)cc1F. The Morgan fingerprint density at radius 3 is 2.45 bits per heavy atom. The van der Waals surface area contributed by atoms with E-state index in [1.807, 2.05) is 19.1 Å². The molecule has 2 rings (SSSR count). The zero-order valence-corrected chi connectivity index (χ0v) is 11.4. The molecular weight excluding hydrogens is 255 g/mol. The van der Waals surface area contributed by atoms with Gasteiger partial charge in [-0.3, -0.25) is 4.79 Å². The molecule has 0 aliphatic rings. The lowest BCUT2D eigenvalue weighted by molar-refractivity contribution is 0.104. The van der Waals surface area contributed by atoms with E-state index in [1.54, 1.807) is 24.3 Å². The molecule has 2 aromatic carbocycles. The highest BCUT2D eigenvalue weighted by Gasteiger charge is 2.03. The molecule has 3 heteroatoms. The van der Waals surface area contributed by atoms with E-state index in [2.05, 4.69) is 0 Å². The normalized spacial score (nSPS) is 10.8. The van der Waals surface area contributed by atoms with Crippen LogP contribution in [-0.4, -0.2) is 12.9 Å². The van der Waals surface area contributed by atoms with Crippen molar-refractivity contribution >= 4 is 11.9 Å². The van der Waals surface area contributed by atoms with Crippen LogP contribution in [0.25, 0.3) is 6.08 Å². The number of hydrogen-bond acceptors (Lipinski definition) is 2. The van der Waals surface area contributed by atoms with Crippen molar-refractivity contribution in [2.45, 2.75) is 6.92 Å². The number of ether oxygens (including phenoxy) is 1. The predicted octanol–water partition coefficient (Wildman–Crippen LogP) is 4.04. The van der Waals surface area contributed by atoms with E-state index >= 15 is 0 Å². The second-order valence-corrected chi connectivity index (χ2v) is 4.46.